The SMILES string of the molecule is CCCCCCc1csc(-c2sc(-c3sc(-c4sc(-c5sc(-c6ccc(/C=C(/C#N)C(=O)O)s6)cc5CCCCCC)cc4CCCCCC)cc3CCCCCC)cc2CCCCCC)c1. The fourth-order valence-electron chi connectivity index (χ4n) is 8.95. The number of aliphatic carboxylic acids is 1. The van der Waals surface area contributed by atoms with Gasteiger partial charge in [-0.15, -0.1) is 68.0 Å². The number of unbranched alkanes of at least 4 members (excludes halogenated alkanes) is 15. The van der Waals surface area contributed by atoms with Crippen molar-refractivity contribution >= 4 is 80.1 Å². The maximum Gasteiger partial charge on any atom is 0.346 e. The molecule has 0 spiro atoms. The normalized spacial score (nSPS) is 11.9. The van der Waals surface area contributed by atoms with Gasteiger partial charge in [-0.2, -0.15) is 5.26 Å². The molecule has 0 saturated heterocycles. The number of nitriles is 1. The summed E-state index contributed by atoms with van der Waals surface area (Å²) in [5.41, 5.74) is 7.30. The molecule has 9 heteroatoms. The monoisotopic (exact) mass is 1010 g/mol. The molecule has 6 aromatic heterocycles. The number of nitrogens with zero attached hydrogens (tertiary/aromatic N) is 1. The second kappa shape index (κ2) is 28.5. The highest BCUT2D eigenvalue weighted by Crippen LogP contribution is 2.51. The lowest BCUT2D eigenvalue weighted by atomic mass is 10.0. The Hall–Kier alpha value is -3.10. The minimum absolute atomic E-state index is 0.234. The fourth-order valence-corrected chi connectivity index (χ4v) is 16.3. The van der Waals surface area contributed by atoms with Crippen molar-refractivity contribution in [1.82, 2.24) is 0 Å². The number of carboxylic acid groups (broad SMARTS) is 1. The first-order valence-electron chi connectivity index (χ1n) is 25.8. The minimum Gasteiger partial charge on any atom is -0.477 e. The van der Waals surface area contributed by atoms with Gasteiger partial charge in [0, 0.05) is 53.6 Å². The molecular weight excluding hydrogens is 935 g/mol. The van der Waals surface area contributed by atoms with Gasteiger partial charge in [-0.05, 0) is 146 Å². The van der Waals surface area contributed by atoms with Crippen molar-refractivity contribution in [3.8, 4) is 54.8 Å². The van der Waals surface area contributed by atoms with E-state index >= 15 is 0 Å². The second-order valence-corrected chi connectivity index (χ2v) is 24.6. The van der Waals surface area contributed by atoms with E-state index in [-0.39, 0.29) is 5.57 Å². The van der Waals surface area contributed by atoms with Gasteiger partial charge in [0.25, 0.3) is 0 Å². The van der Waals surface area contributed by atoms with Crippen molar-refractivity contribution in [1.29, 1.82) is 5.26 Å². The molecule has 3 nitrogen and oxygen atoms in total. The van der Waals surface area contributed by atoms with Gasteiger partial charge in [0.05, 0.1) is 0 Å². The highest BCUT2D eigenvalue weighted by atomic mass is 32.1. The number of hydrogen-bond acceptors (Lipinski definition) is 8. The summed E-state index contributed by atoms with van der Waals surface area (Å²) in [4.78, 5) is 26.4. The van der Waals surface area contributed by atoms with Gasteiger partial charge in [-0.3, -0.25) is 0 Å². The highest BCUT2D eigenvalue weighted by molar-refractivity contribution is 7.30. The molecule has 6 rings (SSSR count). The third-order valence-electron chi connectivity index (χ3n) is 12.8. The molecule has 0 atom stereocenters. The third kappa shape index (κ3) is 15.4. The zero-order valence-corrected chi connectivity index (χ0v) is 46.0. The Morgan fingerprint density at radius 3 is 1.27 bits per heavy atom. The van der Waals surface area contributed by atoms with Crippen molar-refractivity contribution in [3.63, 3.8) is 0 Å². The Kier molecular flexibility index (Phi) is 22.7. The van der Waals surface area contributed by atoms with E-state index in [4.69, 9.17) is 0 Å². The summed E-state index contributed by atoms with van der Waals surface area (Å²) in [5.74, 6) is -1.19. The summed E-state index contributed by atoms with van der Waals surface area (Å²) in [6, 6.07) is 18.6. The zero-order chi connectivity index (χ0) is 47.4. The quantitative estimate of drug-likeness (QED) is 0.0260. The van der Waals surface area contributed by atoms with Crippen LogP contribution in [0.25, 0.3) is 54.8 Å². The number of thiophene rings is 6. The lowest BCUT2D eigenvalue weighted by molar-refractivity contribution is -0.132. The molecule has 0 aliphatic heterocycles. The molecule has 0 radical (unpaired) electrons. The first-order chi connectivity index (χ1) is 32.8. The Labute approximate surface area is 428 Å². The topological polar surface area (TPSA) is 61.1 Å². The number of rotatable bonds is 32. The molecule has 0 aliphatic rings. The molecular formula is C58H75NO2S6. The van der Waals surface area contributed by atoms with Crippen molar-refractivity contribution in [2.24, 2.45) is 0 Å². The van der Waals surface area contributed by atoms with E-state index in [1.165, 1.54) is 207 Å². The van der Waals surface area contributed by atoms with E-state index in [0.717, 1.165) is 35.4 Å². The van der Waals surface area contributed by atoms with Gasteiger partial charge in [-0.25, -0.2) is 4.79 Å². The van der Waals surface area contributed by atoms with Crippen LogP contribution in [0, 0.1) is 11.3 Å². The van der Waals surface area contributed by atoms with Crippen LogP contribution >= 0.6 is 68.0 Å². The molecule has 0 bridgehead atoms. The first-order valence-corrected chi connectivity index (χ1v) is 30.8. The molecule has 67 heavy (non-hydrogen) atoms. The maximum atomic E-state index is 11.6. The van der Waals surface area contributed by atoms with Crippen LogP contribution in [-0.2, 0) is 36.9 Å². The maximum absolute atomic E-state index is 11.6. The molecule has 6 aromatic rings. The summed E-state index contributed by atoms with van der Waals surface area (Å²) < 4.78 is 0. The van der Waals surface area contributed by atoms with E-state index in [2.05, 4.69) is 99.1 Å². The molecule has 0 saturated carbocycles. The predicted molar refractivity (Wildman–Crippen MR) is 301 cm³/mol. The van der Waals surface area contributed by atoms with Gasteiger partial charge in [0.15, 0.2) is 0 Å². The van der Waals surface area contributed by atoms with E-state index in [1.807, 2.05) is 46.1 Å². The van der Waals surface area contributed by atoms with Gasteiger partial charge in [0.1, 0.15) is 11.6 Å². The zero-order valence-electron chi connectivity index (χ0n) is 41.1. The molecule has 0 fully saturated rings. The number of carboxylic acids is 1. The average Bonchev–Trinajstić information content (AvgIpc) is 4.20. The molecule has 360 valence electrons. The summed E-state index contributed by atoms with van der Waals surface area (Å²) >= 11 is 11.6. The number of carbonyl (C=O) groups is 1. The molecule has 0 unspecified atom stereocenters. The number of hydrogen-bond donors (Lipinski definition) is 1. The lowest BCUT2D eigenvalue weighted by Gasteiger charge is -2.02. The summed E-state index contributed by atoms with van der Waals surface area (Å²) in [5, 5.41) is 21.4. The fraction of sp³-hybridized carbons (Fsp3) is 0.517. The Balaban J connectivity index is 1.42. The Morgan fingerprint density at radius 2 is 0.866 bits per heavy atom. The standard InChI is InChI=1S/C58H75NO2S6/c1-6-11-16-21-26-41-33-50(62-40-41)54-43(28-23-18-13-8-3)36-52(65-54)56-45(30-25-20-15-10-5)38-53(67-56)57-44(29-24-19-14-9-4)37-51(66-57)55-42(27-22-17-12-7-2)35-49(64-55)48-32-31-47(63-48)34-46(39-59)58(60)61/h31-38,40H,6-30H2,1-5H3,(H,60,61)/b46-34-. The van der Waals surface area contributed by atoms with Gasteiger partial charge in [-0.1, -0.05) is 131 Å². The van der Waals surface area contributed by atoms with Gasteiger partial charge in [0.2, 0.25) is 0 Å². The van der Waals surface area contributed by atoms with Gasteiger partial charge >= 0.3 is 5.97 Å². The Bertz CT molecular complexity index is 2490. The van der Waals surface area contributed by atoms with Crippen LogP contribution in [0.15, 0.2) is 53.4 Å². The van der Waals surface area contributed by atoms with E-state index in [9.17, 15) is 15.2 Å². The number of aryl methyl sites for hydroxylation is 5. The van der Waals surface area contributed by atoms with Crippen LogP contribution in [0.4, 0.5) is 0 Å². The van der Waals surface area contributed by atoms with E-state index in [0.29, 0.717) is 0 Å². The van der Waals surface area contributed by atoms with Crippen LogP contribution < -0.4 is 0 Å². The largest absolute Gasteiger partial charge is 0.477 e. The first kappa shape index (κ1) is 53.3. The van der Waals surface area contributed by atoms with Crippen LogP contribution in [0.2, 0.25) is 0 Å². The molecule has 1 N–H and O–H groups in total. The van der Waals surface area contributed by atoms with Crippen molar-refractivity contribution in [2.45, 2.75) is 195 Å². The average molecular weight is 1010 g/mol. The van der Waals surface area contributed by atoms with E-state index < -0.39 is 5.97 Å². The molecule has 0 aromatic carbocycles. The predicted octanol–water partition coefficient (Wildman–Crippen LogP) is 21.0. The smallest absolute Gasteiger partial charge is 0.346 e. The van der Waals surface area contributed by atoms with Crippen molar-refractivity contribution < 1.29 is 9.90 Å². The minimum atomic E-state index is -1.19. The third-order valence-corrected chi connectivity index (χ3v) is 20.4. The van der Waals surface area contributed by atoms with Crippen LogP contribution in [-0.4, -0.2) is 11.1 Å². The summed E-state index contributed by atoms with van der Waals surface area (Å²) in [7, 11) is 0. The molecule has 0 aliphatic carbocycles. The van der Waals surface area contributed by atoms with Crippen LogP contribution in [0.5, 0.6) is 0 Å². The lowest BCUT2D eigenvalue weighted by Crippen LogP contribution is -1.96. The van der Waals surface area contributed by atoms with Crippen LogP contribution in [0.1, 0.15) is 196 Å². The van der Waals surface area contributed by atoms with Crippen molar-refractivity contribution in [2.75, 3.05) is 0 Å². The summed E-state index contributed by atoms with van der Waals surface area (Å²) in [6.45, 7) is 11.5. The second-order valence-electron chi connectivity index (χ2n) is 18.4. The summed E-state index contributed by atoms with van der Waals surface area (Å²) in [6.07, 6.45) is 32.4. The highest BCUT2D eigenvalue weighted by Gasteiger charge is 2.24. The molecule has 0 amide bonds. The van der Waals surface area contributed by atoms with E-state index in [1.54, 1.807) is 16.9 Å². The Morgan fingerprint density at radius 1 is 0.478 bits per heavy atom. The van der Waals surface area contributed by atoms with Crippen LogP contribution in [0.3, 0.4) is 0 Å². The molecule has 6 heterocycles. The van der Waals surface area contributed by atoms with Gasteiger partial charge < -0.3 is 5.11 Å². The van der Waals surface area contributed by atoms with Crippen molar-refractivity contribution in [3.05, 3.63) is 86.1 Å².